The molecule has 1 aromatic rings. The minimum absolute atomic E-state index is 0.178. The van der Waals surface area contributed by atoms with Crippen molar-refractivity contribution >= 4 is 0 Å². The number of benzene rings is 1. The van der Waals surface area contributed by atoms with Crippen LogP contribution in [0.4, 0.5) is 4.39 Å². The summed E-state index contributed by atoms with van der Waals surface area (Å²) < 4.78 is 17.8. The quantitative estimate of drug-likeness (QED) is 0.789. The predicted molar refractivity (Wildman–Crippen MR) is 68.6 cm³/mol. The zero-order valence-corrected chi connectivity index (χ0v) is 10.9. The summed E-state index contributed by atoms with van der Waals surface area (Å²) in [6, 6.07) is 7.09. The molecular weight excluding hydrogens is 217 g/mol. The summed E-state index contributed by atoms with van der Waals surface area (Å²) in [5.74, 6) is 0.332. The highest BCUT2D eigenvalue weighted by Crippen LogP contribution is 2.06. The fourth-order valence-electron chi connectivity index (χ4n) is 1.79. The van der Waals surface area contributed by atoms with E-state index in [2.05, 4.69) is 19.2 Å². The van der Waals surface area contributed by atoms with Crippen molar-refractivity contribution in [1.29, 1.82) is 0 Å². The van der Waals surface area contributed by atoms with Crippen LogP contribution in [0.3, 0.4) is 0 Å². The molecule has 0 bridgehead atoms. The van der Waals surface area contributed by atoms with Crippen LogP contribution in [-0.2, 0) is 11.2 Å². The molecule has 96 valence electrons. The SMILES string of the molecule is COCC(C)CNC(C)Cc1ccc(F)cc1. The minimum Gasteiger partial charge on any atom is -0.384 e. The molecule has 1 N–H and O–H groups in total. The van der Waals surface area contributed by atoms with E-state index in [0.717, 1.165) is 25.1 Å². The maximum absolute atomic E-state index is 12.7. The van der Waals surface area contributed by atoms with Crippen molar-refractivity contribution in [1.82, 2.24) is 5.32 Å². The Balaban J connectivity index is 2.29. The molecule has 2 atom stereocenters. The van der Waals surface area contributed by atoms with E-state index >= 15 is 0 Å². The smallest absolute Gasteiger partial charge is 0.123 e. The van der Waals surface area contributed by atoms with Gasteiger partial charge < -0.3 is 10.1 Å². The topological polar surface area (TPSA) is 21.3 Å². The number of halogens is 1. The van der Waals surface area contributed by atoms with E-state index in [1.54, 1.807) is 7.11 Å². The normalized spacial score (nSPS) is 14.6. The first-order chi connectivity index (χ1) is 8.11. The van der Waals surface area contributed by atoms with E-state index in [4.69, 9.17) is 4.74 Å². The van der Waals surface area contributed by atoms with Gasteiger partial charge in [0.25, 0.3) is 0 Å². The number of methoxy groups -OCH3 is 1. The Hall–Kier alpha value is -0.930. The lowest BCUT2D eigenvalue weighted by Gasteiger charge is -2.17. The average molecular weight is 239 g/mol. The largest absolute Gasteiger partial charge is 0.384 e. The van der Waals surface area contributed by atoms with Crippen molar-refractivity contribution in [3.8, 4) is 0 Å². The van der Waals surface area contributed by atoms with Crippen LogP contribution in [0.2, 0.25) is 0 Å². The molecule has 1 aromatic carbocycles. The predicted octanol–water partition coefficient (Wildman–Crippen LogP) is 2.63. The summed E-state index contributed by atoms with van der Waals surface area (Å²) in [5.41, 5.74) is 1.16. The van der Waals surface area contributed by atoms with Crippen LogP contribution in [0.15, 0.2) is 24.3 Å². The summed E-state index contributed by atoms with van der Waals surface area (Å²) in [6.45, 7) is 6.01. The molecule has 0 aliphatic rings. The van der Waals surface area contributed by atoms with Crippen molar-refractivity contribution in [2.75, 3.05) is 20.3 Å². The van der Waals surface area contributed by atoms with E-state index in [1.165, 1.54) is 12.1 Å². The zero-order valence-electron chi connectivity index (χ0n) is 10.9. The second-order valence-corrected chi connectivity index (χ2v) is 4.70. The van der Waals surface area contributed by atoms with Gasteiger partial charge in [0.05, 0.1) is 0 Å². The molecule has 0 amide bonds. The van der Waals surface area contributed by atoms with Crippen LogP contribution < -0.4 is 5.32 Å². The van der Waals surface area contributed by atoms with Crippen LogP contribution in [0.5, 0.6) is 0 Å². The van der Waals surface area contributed by atoms with Gasteiger partial charge in [0, 0.05) is 26.3 Å². The number of rotatable bonds is 7. The van der Waals surface area contributed by atoms with Gasteiger partial charge in [-0.1, -0.05) is 19.1 Å². The second kappa shape index (κ2) is 7.41. The summed E-state index contributed by atoms with van der Waals surface area (Å²) >= 11 is 0. The molecule has 0 radical (unpaired) electrons. The molecule has 17 heavy (non-hydrogen) atoms. The Morgan fingerprint density at radius 2 is 1.88 bits per heavy atom. The second-order valence-electron chi connectivity index (χ2n) is 4.70. The molecule has 0 saturated carbocycles. The molecule has 0 aliphatic heterocycles. The Morgan fingerprint density at radius 1 is 1.24 bits per heavy atom. The molecule has 2 nitrogen and oxygen atoms in total. The van der Waals surface area contributed by atoms with Crippen molar-refractivity contribution in [3.63, 3.8) is 0 Å². The van der Waals surface area contributed by atoms with Gasteiger partial charge in [-0.15, -0.1) is 0 Å². The highest BCUT2D eigenvalue weighted by atomic mass is 19.1. The van der Waals surface area contributed by atoms with Crippen molar-refractivity contribution in [2.45, 2.75) is 26.3 Å². The maximum Gasteiger partial charge on any atom is 0.123 e. The van der Waals surface area contributed by atoms with Crippen LogP contribution in [-0.4, -0.2) is 26.3 Å². The van der Waals surface area contributed by atoms with Gasteiger partial charge in [0.1, 0.15) is 5.82 Å². The van der Waals surface area contributed by atoms with E-state index < -0.39 is 0 Å². The number of nitrogens with one attached hydrogen (secondary N) is 1. The Bertz CT molecular complexity index is 313. The van der Waals surface area contributed by atoms with Gasteiger partial charge >= 0.3 is 0 Å². The lowest BCUT2D eigenvalue weighted by molar-refractivity contribution is 0.157. The average Bonchev–Trinajstić information content (AvgIpc) is 2.30. The third-order valence-electron chi connectivity index (χ3n) is 2.72. The molecule has 3 heteroatoms. The molecule has 0 saturated heterocycles. The fourth-order valence-corrected chi connectivity index (χ4v) is 1.79. The summed E-state index contributed by atoms with van der Waals surface area (Å²) in [5, 5.41) is 3.46. The van der Waals surface area contributed by atoms with Crippen molar-refractivity contribution in [2.24, 2.45) is 5.92 Å². The molecule has 0 spiro atoms. The molecular formula is C14H22FNO. The standard InChI is InChI=1S/C14H22FNO/c1-11(10-17-3)9-16-12(2)8-13-4-6-14(15)7-5-13/h4-7,11-12,16H,8-10H2,1-3H3. The summed E-state index contributed by atoms with van der Waals surface area (Å²) in [6.07, 6.45) is 0.917. The highest BCUT2D eigenvalue weighted by molar-refractivity contribution is 5.16. The Morgan fingerprint density at radius 3 is 2.47 bits per heavy atom. The number of ether oxygens (including phenoxy) is 1. The first kappa shape index (κ1) is 14.1. The van der Waals surface area contributed by atoms with Gasteiger partial charge in [-0.25, -0.2) is 4.39 Å². The maximum atomic E-state index is 12.7. The minimum atomic E-state index is -0.178. The summed E-state index contributed by atoms with van der Waals surface area (Å²) in [4.78, 5) is 0. The van der Waals surface area contributed by atoms with Gasteiger partial charge in [-0.05, 0) is 37.0 Å². The summed E-state index contributed by atoms with van der Waals surface area (Å²) in [7, 11) is 1.72. The third-order valence-corrected chi connectivity index (χ3v) is 2.72. The highest BCUT2D eigenvalue weighted by Gasteiger charge is 2.06. The fraction of sp³-hybridized carbons (Fsp3) is 0.571. The van der Waals surface area contributed by atoms with Crippen LogP contribution in [0.25, 0.3) is 0 Å². The first-order valence-electron chi connectivity index (χ1n) is 6.08. The number of hydrogen-bond donors (Lipinski definition) is 1. The van der Waals surface area contributed by atoms with E-state index in [-0.39, 0.29) is 5.82 Å². The van der Waals surface area contributed by atoms with Crippen LogP contribution in [0.1, 0.15) is 19.4 Å². The lowest BCUT2D eigenvalue weighted by atomic mass is 10.1. The van der Waals surface area contributed by atoms with Crippen molar-refractivity contribution in [3.05, 3.63) is 35.6 Å². The van der Waals surface area contributed by atoms with Gasteiger partial charge in [-0.2, -0.15) is 0 Å². The van der Waals surface area contributed by atoms with Crippen LogP contribution >= 0.6 is 0 Å². The Labute approximate surface area is 103 Å². The molecule has 0 heterocycles. The molecule has 0 aromatic heterocycles. The Kier molecular flexibility index (Phi) is 6.16. The first-order valence-corrected chi connectivity index (χ1v) is 6.08. The van der Waals surface area contributed by atoms with E-state index in [1.807, 2.05) is 12.1 Å². The molecule has 0 aliphatic carbocycles. The van der Waals surface area contributed by atoms with Gasteiger partial charge in [0.15, 0.2) is 0 Å². The van der Waals surface area contributed by atoms with E-state index in [0.29, 0.717) is 12.0 Å². The monoisotopic (exact) mass is 239 g/mol. The molecule has 1 rings (SSSR count). The van der Waals surface area contributed by atoms with Gasteiger partial charge in [-0.3, -0.25) is 0 Å². The third kappa shape index (κ3) is 5.80. The lowest BCUT2D eigenvalue weighted by Crippen LogP contribution is -2.33. The zero-order chi connectivity index (χ0) is 12.7. The van der Waals surface area contributed by atoms with E-state index in [9.17, 15) is 4.39 Å². The van der Waals surface area contributed by atoms with Gasteiger partial charge in [0.2, 0.25) is 0 Å². The molecule has 0 fully saturated rings. The van der Waals surface area contributed by atoms with Crippen molar-refractivity contribution < 1.29 is 9.13 Å². The molecule has 2 unspecified atom stereocenters. The number of hydrogen-bond acceptors (Lipinski definition) is 2. The van der Waals surface area contributed by atoms with Crippen LogP contribution in [0, 0.1) is 11.7 Å².